The minimum atomic E-state index is -0.412. The molecule has 1 aliphatic rings. The van der Waals surface area contributed by atoms with Crippen LogP contribution in [0.2, 0.25) is 0 Å². The molecule has 0 aliphatic carbocycles. The van der Waals surface area contributed by atoms with Crippen LogP contribution >= 0.6 is 11.3 Å². The molecule has 0 saturated carbocycles. The number of thiazole rings is 1. The van der Waals surface area contributed by atoms with E-state index in [2.05, 4.69) is 4.98 Å². The number of aryl methyl sites for hydroxylation is 1. The van der Waals surface area contributed by atoms with Crippen molar-refractivity contribution in [2.24, 2.45) is 0 Å². The highest BCUT2D eigenvalue weighted by Gasteiger charge is 2.28. The quantitative estimate of drug-likeness (QED) is 0.584. The molecule has 7 heteroatoms. The van der Waals surface area contributed by atoms with Crippen LogP contribution in [0.1, 0.15) is 24.8 Å². The van der Waals surface area contributed by atoms with Gasteiger partial charge in [0.15, 0.2) is 6.61 Å². The number of fused-ring (bicyclic) bond motifs is 1. The summed E-state index contributed by atoms with van der Waals surface area (Å²) >= 11 is 1.56. The number of benzene rings is 1. The van der Waals surface area contributed by atoms with Gasteiger partial charge < -0.3 is 9.47 Å². The lowest BCUT2D eigenvalue weighted by Gasteiger charge is -2.29. The predicted molar refractivity (Wildman–Crippen MR) is 96.0 cm³/mol. The molecule has 2 heterocycles. The Bertz CT molecular complexity index is 787. The molecule has 1 aromatic carbocycles. The molecule has 0 spiro atoms. The first kappa shape index (κ1) is 17.4. The highest BCUT2D eigenvalue weighted by Crippen LogP contribution is 2.36. The maximum atomic E-state index is 12.3. The average molecular weight is 360 g/mol. The van der Waals surface area contributed by atoms with E-state index in [1.54, 1.807) is 17.4 Å². The van der Waals surface area contributed by atoms with Crippen molar-refractivity contribution in [3.05, 3.63) is 28.6 Å². The van der Waals surface area contributed by atoms with E-state index in [0.717, 1.165) is 29.1 Å². The lowest BCUT2D eigenvalue weighted by Crippen LogP contribution is -2.42. The number of hydrogen-bond acceptors (Lipinski definition) is 6. The predicted octanol–water partition coefficient (Wildman–Crippen LogP) is 3.19. The van der Waals surface area contributed by atoms with Crippen LogP contribution in [-0.2, 0) is 14.3 Å². The molecule has 132 valence electrons. The average Bonchev–Trinajstić information content (AvgIpc) is 3.04. The zero-order chi connectivity index (χ0) is 17.8. The molecule has 0 atom stereocenters. The van der Waals surface area contributed by atoms with E-state index < -0.39 is 5.97 Å². The zero-order valence-corrected chi connectivity index (χ0v) is 15.1. The molecule has 1 aromatic heterocycles. The van der Waals surface area contributed by atoms with Gasteiger partial charge in [0.2, 0.25) is 0 Å². The first-order chi connectivity index (χ1) is 12.1. The maximum Gasteiger partial charge on any atom is 0.326 e. The van der Waals surface area contributed by atoms with Crippen LogP contribution in [0.4, 0.5) is 5.69 Å². The molecule has 0 radical (unpaired) electrons. The minimum Gasteiger partial charge on any atom is -0.482 e. The number of carbonyl (C=O) groups excluding carboxylic acids is 2. The van der Waals surface area contributed by atoms with Gasteiger partial charge in [0.05, 0.1) is 23.0 Å². The Morgan fingerprint density at radius 1 is 1.44 bits per heavy atom. The summed E-state index contributed by atoms with van der Waals surface area (Å²) in [6.45, 7) is 4.15. The van der Waals surface area contributed by atoms with E-state index in [1.165, 1.54) is 4.90 Å². The SMILES string of the molecule is CCCCOC(=O)CN1C(=O)COc2ccc(-c3csc(C)n3)cc21. The van der Waals surface area contributed by atoms with Gasteiger partial charge in [-0.05, 0) is 31.5 Å². The van der Waals surface area contributed by atoms with Gasteiger partial charge >= 0.3 is 5.97 Å². The Balaban J connectivity index is 1.83. The van der Waals surface area contributed by atoms with Crippen LogP contribution in [0.25, 0.3) is 11.3 Å². The molecule has 25 heavy (non-hydrogen) atoms. The van der Waals surface area contributed by atoms with Gasteiger partial charge in [-0.2, -0.15) is 0 Å². The highest BCUT2D eigenvalue weighted by atomic mass is 32.1. The fourth-order valence-electron chi connectivity index (χ4n) is 2.54. The van der Waals surface area contributed by atoms with Crippen molar-refractivity contribution in [3.8, 4) is 17.0 Å². The molecule has 2 aromatic rings. The number of nitrogens with zero attached hydrogens (tertiary/aromatic N) is 2. The Morgan fingerprint density at radius 2 is 2.28 bits per heavy atom. The van der Waals surface area contributed by atoms with Crippen molar-refractivity contribution in [1.29, 1.82) is 0 Å². The topological polar surface area (TPSA) is 68.7 Å². The molecule has 0 unspecified atom stereocenters. The van der Waals surface area contributed by atoms with Crippen molar-refractivity contribution >= 4 is 28.9 Å². The molecule has 6 nitrogen and oxygen atoms in total. The fraction of sp³-hybridized carbons (Fsp3) is 0.389. The lowest BCUT2D eigenvalue weighted by molar-refractivity contribution is -0.143. The van der Waals surface area contributed by atoms with Gasteiger partial charge in [-0.25, -0.2) is 4.98 Å². The lowest BCUT2D eigenvalue weighted by atomic mass is 10.1. The summed E-state index contributed by atoms with van der Waals surface area (Å²) in [4.78, 5) is 30.2. The third kappa shape index (κ3) is 3.99. The summed E-state index contributed by atoms with van der Waals surface area (Å²) in [5.74, 6) is -0.0900. The van der Waals surface area contributed by atoms with Crippen LogP contribution in [0.15, 0.2) is 23.6 Å². The van der Waals surface area contributed by atoms with Crippen molar-refractivity contribution < 1.29 is 19.1 Å². The van der Waals surface area contributed by atoms with E-state index in [4.69, 9.17) is 9.47 Å². The summed E-state index contributed by atoms with van der Waals surface area (Å²) in [6, 6.07) is 5.54. The number of esters is 1. The molecule has 1 amide bonds. The van der Waals surface area contributed by atoms with Crippen LogP contribution in [0.3, 0.4) is 0 Å². The number of rotatable bonds is 6. The van der Waals surface area contributed by atoms with E-state index in [9.17, 15) is 9.59 Å². The second kappa shape index (κ2) is 7.65. The molecular weight excluding hydrogens is 340 g/mol. The van der Waals surface area contributed by atoms with E-state index in [0.29, 0.717) is 18.0 Å². The van der Waals surface area contributed by atoms with Gasteiger partial charge in [0, 0.05) is 10.9 Å². The summed E-state index contributed by atoms with van der Waals surface area (Å²) in [5.41, 5.74) is 2.30. The molecule has 3 rings (SSSR count). The second-order valence-electron chi connectivity index (χ2n) is 5.78. The van der Waals surface area contributed by atoms with Gasteiger partial charge in [-0.1, -0.05) is 13.3 Å². The number of aromatic nitrogens is 1. The molecular formula is C18H20N2O4S. The molecule has 1 aliphatic heterocycles. The maximum absolute atomic E-state index is 12.3. The third-order valence-corrected chi connectivity index (χ3v) is 4.64. The van der Waals surface area contributed by atoms with Gasteiger partial charge in [0.25, 0.3) is 5.91 Å². The van der Waals surface area contributed by atoms with Crippen molar-refractivity contribution in [3.63, 3.8) is 0 Å². The Morgan fingerprint density at radius 3 is 3.00 bits per heavy atom. The van der Waals surface area contributed by atoms with Gasteiger partial charge in [-0.3, -0.25) is 14.5 Å². The van der Waals surface area contributed by atoms with Crippen LogP contribution in [-0.4, -0.2) is 36.6 Å². The van der Waals surface area contributed by atoms with Crippen LogP contribution in [0, 0.1) is 6.92 Å². The van der Waals surface area contributed by atoms with Crippen LogP contribution in [0.5, 0.6) is 5.75 Å². The Kier molecular flexibility index (Phi) is 5.33. The highest BCUT2D eigenvalue weighted by molar-refractivity contribution is 7.09. The Labute approximate surface area is 150 Å². The monoisotopic (exact) mass is 360 g/mol. The summed E-state index contributed by atoms with van der Waals surface area (Å²) < 4.78 is 10.7. The molecule has 0 bridgehead atoms. The Hall–Kier alpha value is -2.41. The summed E-state index contributed by atoms with van der Waals surface area (Å²) in [5, 5.41) is 2.93. The fourth-order valence-corrected chi connectivity index (χ4v) is 3.16. The first-order valence-corrected chi connectivity index (χ1v) is 9.11. The third-order valence-electron chi connectivity index (χ3n) is 3.86. The second-order valence-corrected chi connectivity index (χ2v) is 6.84. The van der Waals surface area contributed by atoms with E-state index in [1.807, 2.05) is 31.4 Å². The number of unbranched alkanes of at least 4 members (excludes halogenated alkanes) is 1. The van der Waals surface area contributed by atoms with Crippen molar-refractivity contribution in [2.75, 3.05) is 24.7 Å². The smallest absolute Gasteiger partial charge is 0.326 e. The summed E-state index contributed by atoms with van der Waals surface area (Å²) in [7, 11) is 0. The van der Waals surface area contributed by atoms with E-state index >= 15 is 0 Å². The van der Waals surface area contributed by atoms with E-state index in [-0.39, 0.29) is 19.1 Å². The van der Waals surface area contributed by atoms with Gasteiger partial charge in [0.1, 0.15) is 12.3 Å². The number of amides is 1. The zero-order valence-electron chi connectivity index (χ0n) is 14.3. The van der Waals surface area contributed by atoms with Crippen molar-refractivity contribution in [1.82, 2.24) is 4.98 Å². The number of hydrogen-bond donors (Lipinski definition) is 0. The summed E-state index contributed by atoms with van der Waals surface area (Å²) in [6.07, 6.45) is 1.76. The number of anilines is 1. The standard InChI is InChI=1S/C18H20N2O4S/c1-3-4-7-23-18(22)9-20-15-8-13(14-11-25-12(2)19-14)5-6-16(15)24-10-17(20)21/h5-6,8,11H,3-4,7,9-10H2,1-2H3. The first-order valence-electron chi connectivity index (χ1n) is 8.24. The minimum absolute atomic E-state index is 0.0790. The largest absolute Gasteiger partial charge is 0.482 e. The molecule has 0 N–H and O–H groups in total. The number of carbonyl (C=O) groups is 2. The van der Waals surface area contributed by atoms with Gasteiger partial charge in [-0.15, -0.1) is 11.3 Å². The van der Waals surface area contributed by atoms with Crippen LogP contribution < -0.4 is 9.64 Å². The normalized spacial score (nSPS) is 13.4. The molecule has 0 fully saturated rings. The number of ether oxygens (including phenoxy) is 2. The van der Waals surface area contributed by atoms with Crippen molar-refractivity contribution in [2.45, 2.75) is 26.7 Å². The molecule has 0 saturated heterocycles.